The van der Waals surface area contributed by atoms with Crippen LogP contribution in [0.25, 0.3) is 0 Å². The van der Waals surface area contributed by atoms with Crippen LogP contribution in [0.3, 0.4) is 0 Å². The van der Waals surface area contributed by atoms with Crippen molar-refractivity contribution >= 4 is 0 Å². The Morgan fingerprint density at radius 3 is 2.55 bits per heavy atom. The van der Waals surface area contributed by atoms with E-state index in [4.69, 9.17) is 9.47 Å². The van der Waals surface area contributed by atoms with Gasteiger partial charge in [-0.1, -0.05) is 45.0 Å². The zero-order chi connectivity index (χ0) is 20.6. The van der Waals surface area contributed by atoms with Crippen LogP contribution in [0.2, 0.25) is 0 Å². The van der Waals surface area contributed by atoms with Gasteiger partial charge in [-0.05, 0) is 24.1 Å². The number of aromatic nitrogens is 2. The minimum absolute atomic E-state index is 0.0107. The Kier molecular flexibility index (Phi) is 5.36. The molecular formula is C23H31N3O3. The molecule has 2 aliphatic rings. The lowest BCUT2D eigenvalue weighted by Crippen LogP contribution is -2.63. The first kappa shape index (κ1) is 20.3. The maximum atomic E-state index is 12.2. The van der Waals surface area contributed by atoms with E-state index < -0.39 is 5.60 Å². The standard InChI is InChI=1S/C23H31N3O3/c1-16(2)17-5-7-18(8-6-17)23(27,22(3)14-26(4)15-22)19-11-21(25-24-12-19)29-20-9-10-28-13-20/h5-8,11-12,16,20,27H,9-10,13-15H2,1-4H3/t20-,23?/m0/s1. The minimum Gasteiger partial charge on any atom is -0.471 e. The summed E-state index contributed by atoms with van der Waals surface area (Å²) in [6.45, 7) is 9.34. The monoisotopic (exact) mass is 397 g/mol. The van der Waals surface area contributed by atoms with Gasteiger partial charge >= 0.3 is 0 Å². The number of benzene rings is 1. The third-order valence-electron chi connectivity index (χ3n) is 6.33. The van der Waals surface area contributed by atoms with E-state index in [9.17, 15) is 5.11 Å². The van der Waals surface area contributed by atoms with Crippen LogP contribution >= 0.6 is 0 Å². The van der Waals surface area contributed by atoms with Gasteiger partial charge in [-0.25, -0.2) is 0 Å². The van der Waals surface area contributed by atoms with E-state index >= 15 is 0 Å². The van der Waals surface area contributed by atoms with Crippen molar-refractivity contribution in [3.63, 3.8) is 0 Å². The maximum absolute atomic E-state index is 12.2. The molecule has 1 aromatic heterocycles. The molecule has 6 nitrogen and oxygen atoms in total. The number of aliphatic hydroxyl groups is 1. The fraction of sp³-hybridized carbons (Fsp3) is 0.565. The third-order valence-corrected chi connectivity index (χ3v) is 6.33. The van der Waals surface area contributed by atoms with Crippen molar-refractivity contribution in [3.8, 4) is 5.88 Å². The van der Waals surface area contributed by atoms with E-state index in [1.54, 1.807) is 6.20 Å². The zero-order valence-corrected chi connectivity index (χ0v) is 17.8. The number of ether oxygens (including phenoxy) is 2. The van der Waals surface area contributed by atoms with Crippen LogP contribution < -0.4 is 4.74 Å². The predicted octanol–water partition coefficient (Wildman–Crippen LogP) is 2.96. The molecule has 0 amide bonds. The van der Waals surface area contributed by atoms with E-state index in [1.165, 1.54) is 5.56 Å². The van der Waals surface area contributed by atoms with Crippen LogP contribution in [0, 0.1) is 5.41 Å². The topological polar surface area (TPSA) is 67.7 Å². The van der Waals surface area contributed by atoms with Crippen molar-refractivity contribution in [2.75, 3.05) is 33.4 Å². The fourth-order valence-corrected chi connectivity index (χ4v) is 4.73. The second-order valence-corrected chi connectivity index (χ2v) is 9.11. The molecule has 0 radical (unpaired) electrons. The van der Waals surface area contributed by atoms with Crippen molar-refractivity contribution in [3.05, 3.63) is 53.2 Å². The summed E-state index contributed by atoms with van der Waals surface area (Å²) in [5.41, 5.74) is 1.33. The van der Waals surface area contributed by atoms with Gasteiger partial charge in [0.1, 0.15) is 11.7 Å². The molecule has 2 aliphatic heterocycles. The molecule has 156 valence electrons. The average Bonchev–Trinajstić information content (AvgIpc) is 3.19. The lowest BCUT2D eigenvalue weighted by Gasteiger charge is -2.55. The molecule has 1 unspecified atom stereocenters. The van der Waals surface area contributed by atoms with Crippen LogP contribution in [0.1, 0.15) is 49.8 Å². The number of rotatable bonds is 6. The molecule has 0 aliphatic carbocycles. The molecule has 1 aromatic carbocycles. The van der Waals surface area contributed by atoms with Gasteiger partial charge in [0.2, 0.25) is 5.88 Å². The SMILES string of the molecule is CC(C)c1ccc(C(O)(c2cnnc(O[C@H]3CCOC3)c2)C2(C)CN(C)C2)cc1. The van der Waals surface area contributed by atoms with Gasteiger partial charge in [0, 0.05) is 36.6 Å². The van der Waals surface area contributed by atoms with E-state index in [2.05, 4.69) is 55.0 Å². The molecule has 2 aromatic rings. The Balaban J connectivity index is 1.73. The molecule has 29 heavy (non-hydrogen) atoms. The highest BCUT2D eigenvalue weighted by Gasteiger charge is 2.55. The summed E-state index contributed by atoms with van der Waals surface area (Å²) < 4.78 is 11.4. The first-order valence-electron chi connectivity index (χ1n) is 10.4. The first-order chi connectivity index (χ1) is 13.8. The number of nitrogens with zero attached hydrogens (tertiary/aromatic N) is 3. The normalized spacial score (nSPS) is 23.6. The van der Waals surface area contributed by atoms with Crippen LogP contribution in [-0.2, 0) is 10.3 Å². The molecule has 0 bridgehead atoms. The Morgan fingerprint density at radius 1 is 1.24 bits per heavy atom. The zero-order valence-electron chi connectivity index (χ0n) is 17.8. The third kappa shape index (κ3) is 3.65. The minimum atomic E-state index is -1.19. The van der Waals surface area contributed by atoms with Gasteiger partial charge in [0.15, 0.2) is 0 Å². The molecule has 6 heteroatoms. The Bertz CT molecular complexity index is 843. The lowest BCUT2D eigenvalue weighted by molar-refractivity contribution is -0.127. The number of hydrogen-bond acceptors (Lipinski definition) is 6. The van der Waals surface area contributed by atoms with Gasteiger partial charge < -0.3 is 19.5 Å². The van der Waals surface area contributed by atoms with E-state index in [0.29, 0.717) is 30.6 Å². The smallest absolute Gasteiger partial charge is 0.234 e. The molecule has 2 atom stereocenters. The van der Waals surface area contributed by atoms with Gasteiger partial charge in [0.05, 0.1) is 19.4 Å². The predicted molar refractivity (Wildman–Crippen MR) is 111 cm³/mol. The Morgan fingerprint density at radius 2 is 1.97 bits per heavy atom. The lowest BCUT2D eigenvalue weighted by atomic mass is 9.62. The van der Waals surface area contributed by atoms with E-state index in [-0.39, 0.29) is 11.5 Å². The van der Waals surface area contributed by atoms with Crippen LogP contribution in [0.4, 0.5) is 0 Å². The van der Waals surface area contributed by atoms with Gasteiger partial charge in [-0.2, -0.15) is 5.10 Å². The molecule has 0 saturated carbocycles. The van der Waals surface area contributed by atoms with Gasteiger partial charge in [-0.15, -0.1) is 5.10 Å². The molecule has 2 saturated heterocycles. The highest BCUT2D eigenvalue weighted by atomic mass is 16.5. The highest BCUT2D eigenvalue weighted by molar-refractivity contribution is 5.41. The van der Waals surface area contributed by atoms with Crippen molar-refractivity contribution in [2.24, 2.45) is 5.41 Å². The summed E-state index contributed by atoms with van der Waals surface area (Å²) in [4.78, 5) is 2.22. The Hall–Kier alpha value is -2.02. The molecular weight excluding hydrogens is 366 g/mol. The summed E-state index contributed by atoms with van der Waals surface area (Å²) in [5.74, 6) is 0.880. The molecule has 2 fully saturated rings. The first-order valence-corrected chi connectivity index (χ1v) is 10.4. The summed E-state index contributed by atoms with van der Waals surface area (Å²) in [5, 5.41) is 20.5. The average molecular weight is 398 g/mol. The van der Waals surface area contributed by atoms with Crippen LogP contribution in [-0.4, -0.2) is 59.7 Å². The summed E-state index contributed by atoms with van der Waals surface area (Å²) in [7, 11) is 2.07. The molecule has 4 rings (SSSR count). The van der Waals surface area contributed by atoms with Crippen molar-refractivity contribution < 1.29 is 14.6 Å². The summed E-state index contributed by atoms with van der Waals surface area (Å²) >= 11 is 0. The fourth-order valence-electron chi connectivity index (χ4n) is 4.73. The second kappa shape index (κ2) is 7.67. The molecule has 1 N–H and O–H groups in total. The molecule has 3 heterocycles. The largest absolute Gasteiger partial charge is 0.471 e. The number of hydrogen-bond donors (Lipinski definition) is 1. The maximum Gasteiger partial charge on any atom is 0.234 e. The highest BCUT2D eigenvalue weighted by Crippen LogP contribution is 2.50. The van der Waals surface area contributed by atoms with E-state index in [1.807, 2.05) is 18.2 Å². The summed E-state index contributed by atoms with van der Waals surface area (Å²) in [6.07, 6.45) is 2.50. The number of likely N-dealkylation sites (tertiary alicyclic amines) is 1. The summed E-state index contributed by atoms with van der Waals surface area (Å²) in [6, 6.07) is 10.2. The quantitative estimate of drug-likeness (QED) is 0.808. The van der Waals surface area contributed by atoms with E-state index in [0.717, 1.165) is 25.1 Å². The van der Waals surface area contributed by atoms with Crippen molar-refractivity contribution in [1.82, 2.24) is 15.1 Å². The van der Waals surface area contributed by atoms with Gasteiger partial charge in [0.25, 0.3) is 0 Å². The van der Waals surface area contributed by atoms with Gasteiger partial charge in [-0.3, -0.25) is 0 Å². The van der Waals surface area contributed by atoms with Crippen LogP contribution in [0.15, 0.2) is 36.5 Å². The van der Waals surface area contributed by atoms with Crippen LogP contribution in [0.5, 0.6) is 5.88 Å². The Labute approximate surface area is 172 Å². The second-order valence-electron chi connectivity index (χ2n) is 9.11. The molecule has 0 spiro atoms. The van der Waals surface area contributed by atoms with Crippen molar-refractivity contribution in [1.29, 1.82) is 0 Å². The van der Waals surface area contributed by atoms with Crippen molar-refractivity contribution in [2.45, 2.75) is 44.8 Å².